The molecule has 0 aliphatic carbocycles. The summed E-state index contributed by atoms with van der Waals surface area (Å²) in [5.41, 5.74) is 4.81. The first-order valence-corrected chi connectivity index (χ1v) is 6.79. The van der Waals surface area contributed by atoms with E-state index in [9.17, 15) is 4.79 Å². The molecule has 20 heavy (non-hydrogen) atoms. The Morgan fingerprint density at radius 3 is 3.05 bits per heavy atom. The quantitative estimate of drug-likeness (QED) is 0.877. The number of nitrogens with zero attached hydrogens (tertiary/aromatic N) is 1. The number of hydrogen-bond acceptors (Lipinski definition) is 3. The van der Waals surface area contributed by atoms with Crippen LogP contribution >= 0.6 is 0 Å². The molecule has 3 rings (SSSR count). The Kier molecular flexibility index (Phi) is 3.48. The van der Waals surface area contributed by atoms with E-state index >= 15 is 0 Å². The highest BCUT2D eigenvalue weighted by molar-refractivity contribution is 6.04. The van der Waals surface area contributed by atoms with Crippen molar-refractivity contribution >= 4 is 11.6 Å². The fourth-order valence-electron chi connectivity index (χ4n) is 2.43. The number of hydrogen-bond donors (Lipinski definition) is 2. The van der Waals surface area contributed by atoms with Gasteiger partial charge in [0.25, 0.3) is 5.91 Å². The summed E-state index contributed by atoms with van der Waals surface area (Å²) in [6.07, 6.45) is 2.74. The summed E-state index contributed by atoms with van der Waals surface area (Å²) in [7, 11) is 0. The molecule has 0 bridgehead atoms. The van der Waals surface area contributed by atoms with E-state index in [1.807, 2.05) is 31.2 Å². The van der Waals surface area contributed by atoms with E-state index in [4.69, 9.17) is 0 Å². The van der Waals surface area contributed by atoms with Gasteiger partial charge in [0.1, 0.15) is 0 Å². The van der Waals surface area contributed by atoms with Crippen LogP contribution in [0.15, 0.2) is 36.5 Å². The number of anilines is 1. The Balaban J connectivity index is 1.82. The summed E-state index contributed by atoms with van der Waals surface area (Å²) >= 11 is 0. The fraction of sp³-hybridized carbons (Fsp3) is 0.250. The summed E-state index contributed by atoms with van der Waals surface area (Å²) in [6.45, 7) is 3.72. The smallest absolute Gasteiger partial charge is 0.255 e. The molecule has 1 aromatic carbocycles. The van der Waals surface area contributed by atoms with Gasteiger partial charge in [-0.3, -0.25) is 9.78 Å². The molecule has 0 atom stereocenters. The predicted octanol–water partition coefficient (Wildman–Crippen LogP) is 2.29. The lowest BCUT2D eigenvalue weighted by Crippen LogP contribution is -2.24. The molecule has 4 heteroatoms. The standard InChI is InChI=1S/C16H17N3O/c1-11-15(3-2-7-18-11)19-16(20)13-5-4-12-6-8-17-10-14(12)9-13/h2-5,7,9,17H,6,8,10H2,1H3,(H,19,20). The lowest BCUT2D eigenvalue weighted by Gasteiger charge is -2.17. The van der Waals surface area contributed by atoms with E-state index in [1.165, 1.54) is 11.1 Å². The molecule has 0 saturated heterocycles. The fourth-order valence-corrected chi connectivity index (χ4v) is 2.43. The molecule has 0 saturated carbocycles. The number of aryl methyl sites for hydroxylation is 1. The van der Waals surface area contributed by atoms with Crippen LogP contribution in [-0.2, 0) is 13.0 Å². The molecule has 1 aliphatic rings. The van der Waals surface area contributed by atoms with Gasteiger partial charge in [-0.05, 0) is 55.3 Å². The second kappa shape index (κ2) is 5.43. The number of benzene rings is 1. The Hall–Kier alpha value is -2.20. The highest BCUT2D eigenvalue weighted by Gasteiger charge is 2.13. The van der Waals surface area contributed by atoms with Gasteiger partial charge in [0.15, 0.2) is 0 Å². The van der Waals surface area contributed by atoms with Gasteiger partial charge in [-0.15, -0.1) is 0 Å². The maximum atomic E-state index is 12.3. The predicted molar refractivity (Wildman–Crippen MR) is 78.8 cm³/mol. The Morgan fingerprint density at radius 2 is 2.20 bits per heavy atom. The molecular weight excluding hydrogens is 250 g/mol. The summed E-state index contributed by atoms with van der Waals surface area (Å²) in [5.74, 6) is -0.0885. The number of rotatable bonds is 2. The molecule has 1 aliphatic heterocycles. The molecule has 0 spiro atoms. The van der Waals surface area contributed by atoms with Crippen LogP contribution in [0, 0.1) is 6.92 Å². The lowest BCUT2D eigenvalue weighted by molar-refractivity contribution is 0.102. The van der Waals surface area contributed by atoms with Crippen LogP contribution in [0.4, 0.5) is 5.69 Å². The van der Waals surface area contributed by atoms with Crippen LogP contribution in [0.2, 0.25) is 0 Å². The molecule has 0 fully saturated rings. The van der Waals surface area contributed by atoms with Gasteiger partial charge in [-0.2, -0.15) is 0 Å². The number of aromatic nitrogens is 1. The van der Waals surface area contributed by atoms with Crippen LogP contribution in [-0.4, -0.2) is 17.4 Å². The maximum absolute atomic E-state index is 12.3. The summed E-state index contributed by atoms with van der Waals surface area (Å²) in [5, 5.41) is 6.24. The Bertz CT molecular complexity index is 652. The van der Waals surface area contributed by atoms with Crippen molar-refractivity contribution < 1.29 is 4.79 Å². The zero-order chi connectivity index (χ0) is 13.9. The van der Waals surface area contributed by atoms with Gasteiger partial charge >= 0.3 is 0 Å². The number of nitrogens with one attached hydrogen (secondary N) is 2. The molecule has 1 aromatic heterocycles. The Morgan fingerprint density at radius 1 is 1.30 bits per heavy atom. The second-order valence-electron chi connectivity index (χ2n) is 5.00. The van der Waals surface area contributed by atoms with E-state index in [0.29, 0.717) is 5.56 Å². The molecule has 2 heterocycles. The molecule has 102 valence electrons. The van der Waals surface area contributed by atoms with Gasteiger partial charge < -0.3 is 10.6 Å². The van der Waals surface area contributed by atoms with E-state index < -0.39 is 0 Å². The van der Waals surface area contributed by atoms with Crippen LogP contribution in [0.1, 0.15) is 27.2 Å². The first-order valence-electron chi connectivity index (χ1n) is 6.79. The SMILES string of the molecule is Cc1ncccc1NC(=O)c1ccc2c(c1)CNCC2. The van der Waals surface area contributed by atoms with Crippen molar-refractivity contribution in [2.75, 3.05) is 11.9 Å². The average molecular weight is 267 g/mol. The second-order valence-corrected chi connectivity index (χ2v) is 5.00. The molecular formula is C16H17N3O. The first kappa shape index (κ1) is 12.8. The van der Waals surface area contributed by atoms with Gasteiger partial charge in [0.05, 0.1) is 11.4 Å². The van der Waals surface area contributed by atoms with Crippen LogP contribution in [0.25, 0.3) is 0 Å². The zero-order valence-electron chi connectivity index (χ0n) is 11.4. The monoisotopic (exact) mass is 267 g/mol. The number of amides is 1. The van der Waals surface area contributed by atoms with Gasteiger partial charge in [-0.1, -0.05) is 6.07 Å². The summed E-state index contributed by atoms with van der Waals surface area (Å²) < 4.78 is 0. The summed E-state index contributed by atoms with van der Waals surface area (Å²) in [4.78, 5) is 16.5. The van der Waals surface area contributed by atoms with Crippen LogP contribution in [0.5, 0.6) is 0 Å². The number of pyridine rings is 1. The normalized spacial score (nSPS) is 13.7. The third kappa shape index (κ3) is 2.56. The van der Waals surface area contributed by atoms with Crippen molar-refractivity contribution in [3.8, 4) is 0 Å². The van der Waals surface area contributed by atoms with Crippen molar-refractivity contribution in [2.45, 2.75) is 19.9 Å². The van der Waals surface area contributed by atoms with Crippen LogP contribution < -0.4 is 10.6 Å². The number of carbonyl (C=O) groups is 1. The van der Waals surface area contributed by atoms with Crippen molar-refractivity contribution in [2.24, 2.45) is 0 Å². The average Bonchev–Trinajstić information content (AvgIpc) is 2.49. The zero-order valence-corrected chi connectivity index (χ0v) is 11.4. The topological polar surface area (TPSA) is 54.0 Å². The van der Waals surface area contributed by atoms with Crippen molar-refractivity contribution in [3.63, 3.8) is 0 Å². The molecule has 0 unspecified atom stereocenters. The third-order valence-corrected chi connectivity index (χ3v) is 3.61. The lowest BCUT2D eigenvalue weighted by atomic mass is 9.98. The minimum Gasteiger partial charge on any atom is -0.320 e. The van der Waals surface area contributed by atoms with E-state index in [2.05, 4.69) is 21.7 Å². The Labute approximate surface area is 118 Å². The van der Waals surface area contributed by atoms with E-state index in [0.717, 1.165) is 30.9 Å². The number of carbonyl (C=O) groups excluding carboxylic acids is 1. The van der Waals surface area contributed by atoms with E-state index in [1.54, 1.807) is 6.20 Å². The van der Waals surface area contributed by atoms with Gasteiger partial charge in [0.2, 0.25) is 0 Å². The van der Waals surface area contributed by atoms with Crippen molar-refractivity contribution in [1.29, 1.82) is 0 Å². The van der Waals surface area contributed by atoms with E-state index in [-0.39, 0.29) is 5.91 Å². The largest absolute Gasteiger partial charge is 0.320 e. The first-order chi connectivity index (χ1) is 9.74. The highest BCUT2D eigenvalue weighted by atomic mass is 16.1. The molecule has 0 radical (unpaired) electrons. The van der Waals surface area contributed by atoms with Crippen LogP contribution in [0.3, 0.4) is 0 Å². The molecule has 4 nitrogen and oxygen atoms in total. The molecule has 2 aromatic rings. The maximum Gasteiger partial charge on any atom is 0.255 e. The number of fused-ring (bicyclic) bond motifs is 1. The molecule has 2 N–H and O–H groups in total. The van der Waals surface area contributed by atoms with Gasteiger partial charge in [-0.25, -0.2) is 0 Å². The third-order valence-electron chi connectivity index (χ3n) is 3.61. The minimum atomic E-state index is -0.0885. The van der Waals surface area contributed by atoms with Gasteiger partial charge in [0, 0.05) is 18.3 Å². The minimum absolute atomic E-state index is 0.0885. The van der Waals surface area contributed by atoms with Crippen molar-refractivity contribution in [3.05, 3.63) is 58.9 Å². The van der Waals surface area contributed by atoms with Crippen molar-refractivity contribution in [1.82, 2.24) is 10.3 Å². The molecule has 1 amide bonds. The summed E-state index contributed by atoms with van der Waals surface area (Å²) in [6, 6.07) is 9.61. The highest BCUT2D eigenvalue weighted by Crippen LogP contribution is 2.18.